The summed E-state index contributed by atoms with van der Waals surface area (Å²) < 4.78 is 13.1. The number of hydrogen-bond acceptors (Lipinski definition) is 4. The van der Waals surface area contributed by atoms with Gasteiger partial charge in [-0.2, -0.15) is 4.39 Å². The van der Waals surface area contributed by atoms with Gasteiger partial charge in [0.2, 0.25) is 5.95 Å². The lowest BCUT2D eigenvalue weighted by atomic mass is 10.3. The molecule has 0 radical (unpaired) electrons. The van der Waals surface area contributed by atoms with Gasteiger partial charge in [-0.05, 0) is 26.2 Å². The monoisotopic (exact) mass is 252 g/mol. The predicted molar refractivity (Wildman–Crippen MR) is 71.4 cm³/mol. The van der Waals surface area contributed by atoms with Gasteiger partial charge in [-0.3, -0.25) is 4.90 Å². The highest BCUT2D eigenvalue weighted by Crippen LogP contribution is 2.13. The molecule has 4 nitrogen and oxygen atoms in total. The van der Waals surface area contributed by atoms with E-state index in [2.05, 4.69) is 33.8 Å². The Balaban J connectivity index is 1.83. The number of aromatic nitrogens is 1. The number of halogens is 1. The summed E-state index contributed by atoms with van der Waals surface area (Å²) >= 11 is 0. The molecule has 0 amide bonds. The summed E-state index contributed by atoms with van der Waals surface area (Å²) in [6.45, 7) is 6.06. The van der Waals surface area contributed by atoms with Crippen molar-refractivity contribution in [2.45, 2.75) is 0 Å². The highest BCUT2D eigenvalue weighted by atomic mass is 19.1. The van der Waals surface area contributed by atoms with Gasteiger partial charge in [-0.1, -0.05) is 6.07 Å². The summed E-state index contributed by atoms with van der Waals surface area (Å²) in [6, 6.07) is 4.98. The van der Waals surface area contributed by atoms with Crippen LogP contribution in [0.2, 0.25) is 0 Å². The van der Waals surface area contributed by atoms with Crippen LogP contribution in [0.3, 0.4) is 0 Å². The van der Waals surface area contributed by atoms with Gasteiger partial charge in [-0.25, -0.2) is 4.98 Å². The van der Waals surface area contributed by atoms with Gasteiger partial charge in [0.25, 0.3) is 0 Å². The molecule has 0 atom stereocenters. The Morgan fingerprint density at radius 1 is 1.22 bits per heavy atom. The van der Waals surface area contributed by atoms with Crippen molar-refractivity contribution in [3.05, 3.63) is 24.1 Å². The zero-order valence-electron chi connectivity index (χ0n) is 11.1. The summed E-state index contributed by atoms with van der Waals surface area (Å²) in [4.78, 5) is 10.7. The molecule has 1 fully saturated rings. The lowest BCUT2D eigenvalue weighted by molar-refractivity contribution is 0.229. The van der Waals surface area contributed by atoms with Crippen LogP contribution in [0.4, 0.5) is 10.2 Å². The Morgan fingerprint density at radius 2 is 1.94 bits per heavy atom. The first-order valence-electron chi connectivity index (χ1n) is 6.40. The molecule has 1 saturated heterocycles. The van der Waals surface area contributed by atoms with Crippen LogP contribution in [0.15, 0.2) is 18.2 Å². The maximum Gasteiger partial charge on any atom is 0.214 e. The maximum absolute atomic E-state index is 13.1. The van der Waals surface area contributed by atoms with E-state index in [1.54, 1.807) is 6.07 Å². The van der Waals surface area contributed by atoms with E-state index >= 15 is 0 Å². The lowest BCUT2D eigenvalue weighted by Crippen LogP contribution is -2.48. The van der Waals surface area contributed by atoms with Crippen molar-refractivity contribution in [3.8, 4) is 0 Å². The minimum atomic E-state index is -0.400. The first kappa shape index (κ1) is 13.2. The highest BCUT2D eigenvalue weighted by molar-refractivity contribution is 5.38. The molecule has 1 aliphatic heterocycles. The van der Waals surface area contributed by atoms with Gasteiger partial charge in [-0.15, -0.1) is 0 Å². The Morgan fingerprint density at radius 3 is 2.56 bits per heavy atom. The maximum atomic E-state index is 13.1. The SMILES string of the molecule is CN(C)CCN1CCN(c2cccc(F)n2)CC1. The fourth-order valence-corrected chi connectivity index (χ4v) is 2.12. The summed E-state index contributed by atoms with van der Waals surface area (Å²) in [5.41, 5.74) is 0. The van der Waals surface area contributed by atoms with Gasteiger partial charge in [0, 0.05) is 39.3 Å². The predicted octanol–water partition coefficient (Wildman–Crippen LogP) is 0.904. The second-order valence-corrected chi connectivity index (χ2v) is 4.95. The van der Waals surface area contributed by atoms with Gasteiger partial charge in [0.15, 0.2) is 0 Å². The zero-order chi connectivity index (χ0) is 13.0. The Hall–Kier alpha value is -1.20. The van der Waals surface area contributed by atoms with E-state index in [0.29, 0.717) is 0 Å². The van der Waals surface area contributed by atoms with Crippen molar-refractivity contribution in [1.29, 1.82) is 0 Å². The van der Waals surface area contributed by atoms with Crippen molar-refractivity contribution in [2.24, 2.45) is 0 Å². The molecule has 0 aromatic carbocycles. The van der Waals surface area contributed by atoms with Crippen LogP contribution in [0, 0.1) is 5.95 Å². The summed E-state index contributed by atoms with van der Waals surface area (Å²) in [7, 11) is 4.18. The molecule has 0 bridgehead atoms. The summed E-state index contributed by atoms with van der Waals surface area (Å²) in [6.07, 6.45) is 0. The van der Waals surface area contributed by atoms with E-state index < -0.39 is 5.95 Å². The summed E-state index contributed by atoms with van der Waals surface area (Å²) in [5.74, 6) is 0.352. The molecule has 1 aromatic rings. The number of rotatable bonds is 4. The van der Waals surface area contributed by atoms with Crippen LogP contribution in [-0.2, 0) is 0 Å². The van der Waals surface area contributed by atoms with Crippen LogP contribution in [-0.4, -0.2) is 68.1 Å². The normalized spacial score (nSPS) is 17.4. The van der Waals surface area contributed by atoms with Crippen LogP contribution < -0.4 is 4.90 Å². The average Bonchev–Trinajstić information content (AvgIpc) is 2.37. The van der Waals surface area contributed by atoms with Crippen molar-refractivity contribution in [2.75, 3.05) is 58.3 Å². The zero-order valence-corrected chi connectivity index (χ0v) is 11.1. The third-order valence-corrected chi connectivity index (χ3v) is 3.26. The Kier molecular flexibility index (Phi) is 4.49. The van der Waals surface area contributed by atoms with E-state index in [0.717, 1.165) is 45.1 Å². The number of likely N-dealkylation sites (N-methyl/N-ethyl adjacent to an activating group) is 1. The second-order valence-electron chi connectivity index (χ2n) is 4.95. The fraction of sp³-hybridized carbons (Fsp3) is 0.615. The largest absolute Gasteiger partial charge is 0.354 e. The van der Waals surface area contributed by atoms with Crippen molar-refractivity contribution >= 4 is 5.82 Å². The summed E-state index contributed by atoms with van der Waals surface area (Å²) in [5, 5.41) is 0. The van der Waals surface area contributed by atoms with Gasteiger partial charge in [0.05, 0.1) is 0 Å². The van der Waals surface area contributed by atoms with Crippen LogP contribution in [0.1, 0.15) is 0 Å². The average molecular weight is 252 g/mol. The van der Waals surface area contributed by atoms with E-state index in [-0.39, 0.29) is 0 Å². The molecule has 1 aliphatic rings. The smallest absolute Gasteiger partial charge is 0.214 e. The molecule has 1 aromatic heterocycles. The van der Waals surface area contributed by atoms with Crippen molar-refractivity contribution < 1.29 is 4.39 Å². The van der Waals surface area contributed by atoms with Crippen molar-refractivity contribution in [1.82, 2.24) is 14.8 Å². The fourth-order valence-electron chi connectivity index (χ4n) is 2.12. The van der Waals surface area contributed by atoms with Gasteiger partial charge >= 0.3 is 0 Å². The molecule has 0 aliphatic carbocycles. The van der Waals surface area contributed by atoms with Crippen LogP contribution >= 0.6 is 0 Å². The molecule has 2 heterocycles. The molecule has 0 spiro atoms. The molecular formula is C13H21FN4. The molecule has 0 saturated carbocycles. The quantitative estimate of drug-likeness (QED) is 0.743. The van der Waals surface area contributed by atoms with E-state index in [1.165, 1.54) is 6.07 Å². The minimum Gasteiger partial charge on any atom is -0.354 e. The molecule has 100 valence electrons. The first-order chi connectivity index (χ1) is 8.65. The van der Waals surface area contributed by atoms with E-state index in [1.807, 2.05) is 6.07 Å². The third-order valence-electron chi connectivity index (χ3n) is 3.26. The molecule has 5 heteroatoms. The molecule has 0 unspecified atom stereocenters. The number of nitrogens with zero attached hydrogens (tertiary/aromatic N) is 4. The Bertz CT molecular complexity index is 375. The third kappa shape index (κ3) is 3.65. The molecular weight excluding hydrogens is 231 g/mol. The second kappa shape index (κ2) is 6.11. The lowest BCUT2D eigenvalue weighted by Gasteiger charge is -2.35. The topological polar surface area (TPSA) is 22.6 Å². The number of hydrogen-bond donors (Lipinski definition) is 0. The standard InChI is InChI=1S/C13H21FN4/c1-16(2)6-7-17-8-10-18(11-9-17)13-5-3-4-12(14)15-13/h3-5H,6-11H2,1-2H3. The van der Waals surface area contributed by atoms with Crippen LogP contribution in [0.5, 0.6) is 0 Å². The highest BCUT2D eigenvalue weighted by Gasteiger charge is 2.17. The number of pyridine rings is 1. The minimum absolute atomic E-state index is 0.400. The van der Waals surface area contributed by atoms with E-state index in [4.69, 9.17) is 0 Å². The molecule has 18 heavy (non-hydrogen) atoms. The van der Waals surface area contributed by atoms with Crippen molar-refractivity contribution in [3.63, 3.8) is 0 Å². The van der Waals surface area contributed by atoms with Gasteiger partial charge in [0.1, 0.15) is 5.82 Å². The molecule has 0 N–H and O–H groups in total. The van der Waals surface area contributed by atoms with Gasteiger partial charge < -0.3 is 9.80 Å². The van der Waals surface area contributed by atoms with Crippen LogP contribution in [0.25, 0.3) is 0 Å². The Labute approximate surface area is 108 Å². The van der Waals surface area contributed by atoms with E-state index in [9.17, 15) is 4.39 Å². The molecule has 2 rings (SSSR count). The number of piperazine rings is 1. The number of anilines is 1. The first-order valence-corrected chi connectivity index (χ1v) is 6.40.